The molecule has 1 aliphatic rings. The van der Waals surface area contributed by atoms with Gasteiger partial charge in [-0.05, 0) is 55.3 Å². The Hall–Kier alpha value is -3.34. The van der Waals surface area contributed by atoms with Gasteiger partial charge in [0.05, 0.1) is 5.69 Å². The number of nitrogens with one attached hydrogen (secondary N) is 1. The molecule has 3 aromatic carbocycles. The first-order valence-corrected chi connectivity index (χ1v) is 9.38. The van der Waals surface area contributed by atoms with Crippen molar-refractivity contribution >= 4 is 17.3 Å². The van der Waals surface area contributed by atoms with Crippen LogP contribution < -0.4 is 15.0 Å². The highest BCUT2D eigenvalue weighted by Gasteiger charge is 2.20. The van der Waals surface area contributed by atoms with Gasteiger partial charge in [0.15, 0.2) is 0 Å². The van der Waals surface area contributed by atoms with Crippen molar-refractivity contribution < 1.29 is 13.9 Å². The van der Waals surface area contributed by atoms with Gasteiger partial charge >= 0.3 is 0 Å². The van der Waals surface area contributed by atoms with Crippen LogP contribution in [-0.4, -0.2) is 19.0 Å². The fraction of sp³-hybridized carbons (Fsp3) is 0.174. The Balaban J connectivity index is 1.55. The van der Waals surface area contributed by atoms with Crippen LogP contribution in [-0.2, 0) is 0 Å². The van der Waals surface area contributed by atoms with Crippen LogP contribution in [0.25, 0.3) is 0 Å². The van der Waals surface area contributed by atoms with E-state index in [2.05, 4.69) is 10.2 Å². The third kappa shape index (κ3) is 3.98. The van der Waals surface area contributed by atoms with Gasteiger partial charge in [-0.25, -0.2) is 4.39 Å². The molecule has 1 saturated heterocycles. The monoisotopic (exact) mass is 376 g/mol. The van der Waals surface area contributed by atoms with Gasteiger partial charge in [-0.15, -0.1) is 0 Å². The molecule has 28 heavy (non-hydrogen) atoms. The molecule has 142 valence electrons. The van der Waals surface area contributed by atoms with Crippen molar-refractivity contribution in [3.05, 3.63) is 84.2 Å². The van der Waals surface area contributed by atoms with E-state index in [1.54, 1.807) is 30.3 Å². The van der Waals surface area contributed by atoms with Gasteiger partial charge in [0.2, 0.25) is 0 Å². The summed E-state index contributed by atoms with van der Waals surface area (Å²) in [6, 6.07) is 21.1. The second kappa shape index (κ2) is 8.13. The van der Waals surface area contributed by atoms with Crippen molar-refractivity contribution in [2.24, 2.45) is 0 Å². The molecule has 0 spiro atoms. The van der Waals surface area contributed by atoms with Crippen molar-refractivity contribution in [2.75, 3.05) is 23.3 Å². The SMILES string of the molecule is O=C(Nc1c(F)cccc1N1CCCC1)c1cccc(Oc2ccccc2)c1. The van der Waals surface area contributed by atoms with Gasteiger partial charge in [0.25, 0.3) is 5.91 Å². The quantitative estimate of drug-likeness (QED) is 0.642. The summed E-state index contributed by atoms with van der Waals surface area (Å²) in [5.74, 6) is 0.427. The number of carbonyl (C=O) groups excluding carboxylic acids is 1. The minimum atomic E-state index is -0.436. The smallest absolute Gasteiger partial charge is 0.255 e. The highest BCUT2D eigenvalue weighted by atomic mass is 19.1. The lowest BCUT2D eigenvalue weighted by Crippen LogP contribution is -2.22. The van der Waals surface area contributed by atoms with Crippen LogP contribution in [0.1, 0.15) is 23.2 Å². The first-order valence-electron chi connectivity index (χ1n) is 9.38. The Morgan fingerprint density at radius 3 is 2.39 bits per heavy atom. The number of nitrogens with zero attached hydrogens (tertiary/aromatic N) is 1. The maximum Gasteiger partial charge on any atom is 0.255 e. The molecule has 1 amide bonds. The summed E-state index contributed by atoms with van der Waals surface area (Å²) in [6.45, 7) is 1.74. The Bertz CT molecular complexity index is 969. The molecule has 1 aliphatic heterocycles. The molecular weight excluding hydrogens is 355 g/mol. The molecular formula is C23H21FN2O2. The third-order valence-corrected chi connectivity index (χ3v) is 4.75. The third-order valence-electron chi connectivity index (χ3n) is 4.75. The number of hydrogen-bond acceptors (Lipinski definition) is 3. The highest BCUT2D eigenvalue weighted by Crippen LogP contribution is 2.32. The molecule has 0 aromatic heterocycles. The average molecular weight is 376 g/mol. The van der Waals surface area contributed by atoms with Gasteiger partial charge < -0.3 is 15.0 Å². The van der Waals surface area contributed by atoms with E-state index in [1.807, 2.05) is 36.4 Å². The lowest BCUT2D eigenvalue weighted by atomic mass is 10.1. The standard InChI is InChI=1S/C23H21FN2O2/c24-20-12-7-13-21(26-14-4-5-15-26)22(20)25-23(27)17-8-6-11-19(16-17)28-18-9-2-1-3-10-18/h1-3,6-13,16H,4-5,14-15H2,(H,25,27). The number of para-hydroxylation sites is 2. The molecule has 1 fully saturated rings. The minimum absolute atomic E-state index is 0.226. The van der Waals surface area contributed by atoms with E-state index in [-0.39, 0.29) is 11.6 Å². The zero-order valence-electron chi connectivity index (χ0n) is 15.4. The van der Waals surface area contributed by atoms with E-state index < -0.39 is 5.82 Å². The van der Waals surface area contributed by atoms with Crippen LogP contribution in [0.3, 0.4) is 0 Å². The molecule has 0 saturated carbocycles. The van der Waals surface area contributed by atoms with Gasteiger partial charge in [0.1, 0.15) is 23.0 Å². The molecule has 0 atom stereocenters. The van der Waals surface area contributed by atoms with Crippen LogP contribution in [0.2, 0.25) is 0 Å². The lowest BCUT2D eigenvalue weighted by Gasteiger charge is -2.22. The fourth-order valence-electron chi connectivity index (χ4n) is 3.37. The molecule has 3 aromatic rings. The molecule has 4 nitrogen and oxygen atoms in total. The first-order chi connectivity index (χ1) is 13.7. The number of carbonyl (C=O) groups is 1. The van der Waals surface area contributed by atoms with E-state index in [1.165, 1.54) is 6.07 Å². The summed E-state index contributed by atoms with van der Waals surface area (Å²) < 4.78 is 20.3. The Morgan fingerprint density at radius 2 is 1.61 bits per heavy atom. The van der Waals surface area contributed by atoms with Gasteiger partial charge in [-0.1, -0.05) is 30.3 Å². The van der Waals surface area contributed by atoms with E-state index in [0.29, 0.717) is 17.1 Å². The maximum atomic E-state index is 14.5. The Labute approximate surface area is 163 Å². The highest BCUT2D eigenvalue weighted by molar-refractivity contribution is 6.06. The number of anilines is 2. The summed E-state index contributed by atoms with van der Waals surface area (Å²) >= 11 is 0. The number of amides is 1. The predicted octanol–water partition coefficient (Wildman–Crippen LogP) is 5.47. The molecule has 4 rings (SSSR count). The van der Waals surface area contributed by atoms with Gasteiger partial charge in [-0.2, -0.15) is 0 Å². The number of halogens is 1. The summed E-state index contributed by atoms with van der Waals surface area (Å²) in [7, 11) is 0. The summed E-state index contributed by atoms with van der Waals surface area (Å²) in [5, 5.41) is 2.75. The summed E-state index contributed by atoms with van der Waals surface area (Å²) in [6.07, 6.45) is 2.14. The van der Waals surface area contributed by atoms with E-state index >= 15 is 0 Å². The van der Waals surface area contributed by atoms with Crippen molar-refractivity contribution in [1.82, 2.24) is 0 Å². The Morgan fingerprint density at radius 1 is 0.893 bits per heavy atom. The first kappa shape index (κ1) is 18.0. The van der Waals surface area contributed by atoms with Crippen LogP contribution in [0, 0.1) is 5.82 Å². The zero-order valence-corrected chi connectivity index (χ0v) is 15.4. The zero-order chi connectivity index (χ0) is 19.3. The maximum absolute atomic E-state index is 14.5. The molecule has 0 unspecified atom stereocenters. The molecule has 0 bridgehead atoms. The number of rotatable bonds is 5. The van der Waals surface area contributed by atoms with Crippen molar-refractivity contribution in [3.8, 4) is 11.5 Å². The predicted molar refractivity (Wildman–Crippen MR) is 109 cm³/mol. The summed E-state index contributed by atoms with van der Waals surface area (Å²) in [4.78, 5) is 14.9. The molecule has 1 N–H and O–H groups in total. The van der Waals surface area contributed by atoms with Crippen LogP contribution in [0.5, 0.6) is 11.5 Å². The molecule has 0 radical (unpaired) electrons. The van der Waals surface area contributed by atoms with Gasteiger partial charge in [0, 0.05) is 18.7 Å². The Kier molecular flexibility index (Phi) is 5.24. The largest absolute Gasteiger partial charge is 0.457 e. The topological polar surface area (TPSA) is 41.6 Å². The molecule has 1 heterocycles. The van der Waals surface area contributed by atoms with Crippen LogP contribution in [0.15, 0.2) is 72.8 Å². The second-order valence-electron chi connectivity index (χ2n) is 6.73. The molecule has 5 heteroatoms. The second-order valence-corrected chi connectivity index (χ2v) is 6.73. The average Bonchev–Trinajstić information content (AvgIpc) is 3.25. The summed E-state index contributed by atoms with van der Waals surface area (Å²) in [5.41, 5.74) is 1.36. The van der Waals surface area contributed by atoms with E-state index in [9.17, 15) is 9.18 Å². The fourth-order valence-corrected chi connectivity index (χ4v) is 3.37. The number of hydrogen-bond donors (Lipinski definition) is 1. The van der Waals surface area contributed by atoms with Crippen LogP contribution in [0.4, 0.5) is 15.8 Å². The lowest BCUT2D eigenvalue weighted by molar-refractivity contribution is 0.102. The number of benzene rings is 3. The van der Waals surface area contributed by atoms with E-state index in [0.717, 1.165) is 31.6 Å². The van der Waals surface area contributed by atoms with Crippen molar-refractivity contribution in [3.63, 3.8) is 0 Å². The van der Waals surface area contributed by atoms with E-state index in [4.69, 9.17) is 4.74 Å². The minimum Gasteiger partial charge on any atom is -0.457 e. The van der Waals surface area contributed by atoms with Gasteiger partial charge in [-0.3, -0.25) is 4.79 Å². The normalized spacial score (nSPS) is 13.4. The van der Waals surface area contributed by atoms with Crippen LogP contribution >= 0.6 is 0 Å². The number of ether oxygens (including phenoxy) is 1. The van der Waals surface area contributed by atoms with Crippen molar-refractivity contribution in [1.29, 1.82) is 0 Å². The molecule has 0 aliphatic carbocycles. The van der Waals surface area contributed by atoms with Crippen molar-refractivity contribution in [2.45, 2.75) is 12.8 Å².